The molecular formula is C30H23NO4. The summed E-state index contributed by atoms with van der Waals surface area (Å²) in [6.07, 6.45) is 2.05. The van der Waals surface area contributed by atoms with Gasteiger partial charge in [-0.15, -0.1) is 0 Å². The highest BCUT2D eigenvalue weighted by molar-refractivity contribution is 6.23. The number of esters is 1. The summed E-state index contributed by atoms with van der Waals surface area (Å²) in [6, 6.07) is 22.0. The van der Waals surface area contributed by atoms with Crippen molar-refractivity contribution in [2.24, 2.45) is 0 Å². The molecule has 0 saturated carbocycles. The molecule has 5 nitrogen and oxygen atoms in total. The molecule has 2 aliphatic carbocycles. The maximum Gasteiger partial charge on any atom is 0.343 e. The van der Waals surface area contributed by atoms with Crippen molar-refractivity contribution in [1.82, 2.24) is 5.32 Å². The van der Waals surface area contributed by atoms with Crippen molar-refractivity contribution < 1.29 is 19.1 Å². The largest absolute Gasteiger partial charge is 0.423 e. The van der Waals surface area contributed by atoms with Gasteiger partial charge < -0.3 is 10.1 Å². The number of rotatable bonds is 3. The third-order valence-corrected chi connectivity index (χ3v) is 6.94. The molecule has 0 saturated heterocycles. The first-order valence-corrected chi connectivity index (χ1v) is 11.8. The van der Waals surface area contributed by atoms with Gasteiger partial charge in [0, 0.05) is 40.3 Å². The summed E-state index contributed by atoms with van der Waals surface area (Å²) in [7, 11) is 0. The number of nitrogens with one attached hydrogen (secondary N) is 1. The number of aryl methyl sites for hydroxylation is 1. The van der Waals surface area contributed by atoms with Gasteiger partial charge in [0.25, 0.3) is 0 Å². The standard InChI is InChI=1S/C30H23NO4/c1-17-6-4-7-19(16-17)30(34)35-20-14-12-18(13-15-20)25-26-23(10-5-11-24(26)32)31-28-21-8-2-3-9-22(21)29(33)27(25)28/h2-4,6-9,12-16,25,31H,5,10-11H2,1H3/t25-/m0/s1. The molecule has 0 unspecified atom stereocenters. The lowest BCUT2D eigenvalue weighted by atomic mass is 9.75. The van der Waals surface area contributed by atoms with Crippen LogP contribution in [-0.2, 0) is 4.79 Å². The second-order valence-electron chi connectivity index (χ2n) is 9.22. The van der Waals surface area contributed by atoms with Crippen LogP contribution in [0.5, 0.6) is 5.75 Å². The lowest BCUT2D eigenvalue weighted by molar-refractivity contribution is -0.116. The summed E-state index contributed by atoms with van der Waals surface area (Å²) >= 11 is 0. The van der Waals surface area contributed by atoms with Gasteiger partial charge in [-0.2, -0.15) is 0 Å². The Morgan fingerprint density at radius 2 is 1.66 bits per heavy atom. The highest BCUT2D eigenvalue weighted by atomic mass is 16.5. The van der Waals surface area contributed by atoms with Crippen LogP contribution in [0, 0.1) is 6.92 Å². The minimum atomic E-state index is -0.449. The molecule has 3 aromatic rings. The summed E-state index contributed by atoms with van der Waals surface area (Å²) in [5.74, 6) is -0.437. The minimum Gasteiger partial charge on any atom is -0.423 e. The first kappa shape index (κ1) is 21.3. The van der Waals surface area contributed by atoms with Crippen molar-refractivity contribution >= 4 is 23.2 Å². The Balaban J connectivity index is 1.37. The van der Waals surface area contributed by atoms with Crippen molar-refractivity contribution in [3.63, 3.8) is 0 Å². The predicted molar refractivity (Wildman–Crippen MR) is 132 cm³/mol. The lowest BCUT2D eigenvalue weighted by Crippen LogP contribution is -2.31. The van der Waals surface area contributed by atoms with Gasteiger partial charge in [-0.1, -0.05) is 54.1 Å². The number of allylic oxidation sites excluding steroid dienone is 3. The Morgan fingerprint density at radius 1 is 0.886 bits per heavy atom. The zero-order valence-electron chi connectivity index (χ0n) is 19.3. The van der Waals surface area contributed by atoms with Crippen LogP contribution in [0.25, 0.3) is 5.70 Å². The number of fused-ring (bicyclic) bond motifs is 2. The fourth-order valence-corrected chi connectivity index (χ4v) is 5.34. The molecule has 0 aromatic heterocycles. The molecule has 1 N–H and O–H groups in total. The van der Waals surface area contributed by atoms with Gasteiger partial charge >= 0.3 is 5.97 Å². The zero-order valence-corrected chi connectivity index (χ0v) is 19.3. The first-order chi connectivity index (χ1) is 17.0. The Bertz CT molecular complexity index is 1480. The van der Waals surface area contributed by atoms with E-state index >= 15 is 0 Å². The number of carbonyl (C=O) groups is 3. The number of carbonyl (C=O) groups excluding carboxylic acids is 3. The molecule has 6 rings (SSSR count). The van der Waals surface area contributed by atoms with Crippen LogP contribution in [0.2, 0.25) is 0 Å². The Labute approximate surface area is 203 Å². The number of hydrogen-bond donors (Lipinski definition) is 1. The normalized spacial score (nSPS) is 18.6. The van der Waals surface area contributed by atoms with Gasteiger partial charge in [0.2, 0.25) is 0 Å². The zero-order chi connectivity index (χ0) is 24.1. The molecule has 35 heavy (non-hydrogen) atoms. The van der Waals surface area contributed by atoms with E-state index in [-0.39, 0.29) is 11.6 Å². The Hall–Kier alpha value is -4.25. The molecule has 3 aliphatic rings. The fraction of sp³-hybridized carbons (Fsp3) is 0.167. The molecule has 0 radical (unpaired) electrons. The van der Waals surface area contributed by atoms with E-state index in [0.29, 0.717) is 34.4 Å². The molecule has 1 aliphatic heterocycles. The van der Waals surface area contributed by atoms with E-state index in [4.69, 9.17) is 4.74 Å². The summed E-state index contributed by atoms with van der Waals surface area (Å²) in [4.78, 5) is 39.1. The van der Waals surface area contributed by atoms with Gasteiger partial charge in [0.15, 0.2) is 11.6 Å². The summed E-state index contributed by atoms with van der Waals surface area (Å²) < 4.78 is 5.57. The number of dihydropyridines is 1. The molecule has 1 heterocycles. The van der Waals surface area contributed by atoms with E-state index in [1.54, 1.807) is 24.3 Å². The average Bonchev–Trinajstić information content (AvgIpc) is 3.15. The molecule has 0 spiro atoms. The maximum absolute atomic E-state index is 13.5. The van der Waals surface area contributed by atoms with Crippen LogP contribution < -0.4 is 10.1 Å². The quantitative estimate of drug-likeness (QED) is 0.411. The van der Waals surface area contributed by atoms with Gasteiger partial charge in [0.05, 0.1) is 11.3 Å². The Morgan fingerprint density at radius 3 is 2.43 bits per heavy atom. The molecular weight excluding hydrogens is 438 g/mol. The van der Waals surface area contributed by atoms with Gasteiger partial charge in [0.1, 0.15) is 5.75 Å². The summed E-state index contributed by atoms with van der Waals surface area (Å²) in [5.41, 5.74) is 6.84. The van der Waals surface area contributed by atoms with Crippen LogP contribution in [0.3, 0.4) is 0 Å². The minimum absolute atomic E-state index is 0.0482. The molecule has 172 valence electrons. The summed E-state index contributed by atoms with van der Waals surface area (Å²) in [5, 5.41) is 3.44. The van der Waals surface area contributed by atoms with Crippen molar-refractivity contribution in [1.29, 1.82) is 0 Å². The van der Waals surface area contributed by atoms with Gasteiger partial charge in [-0.25, -0.2) is 4.79 Å². The van der Waals surface area contributed by atoms with Crippen molar-refractivity contribution in [2.45, 2.75) is 32.1 Å². The van der Waals surface area contributed by atoms with Crippen LogP contribution >= 0.6 is 0 Å². The molecule has 0 fully saturated rings. The van der Waals surface area contributed by atoms with E-state index in [1.165, 1.54) is 0 Å². The van der Waals surface area contributed by atoms with Crippen molar-refractivity contribution in [3.8, 4) is 5.75 Å². The Kier molecular flexibility index (Phi) is 4.99. The van der Waals surface area contributed by atoms with Crippen molar-refractivity contribution in [3.05, 3.63) is 117 Å². The fourth-order valence-electron chi connectivity index (χ4n) is 5.34. The summed E-state index contributed by atoms with van der Waals surface area (Å²) in [6.45, 7) is 1.92. The second-order valence-corrected chi connectivity index (χ2v) is 9.22. The van der Waals surface area contributed by atoms with Crippen LogP contribution in [-0.4, -0.2) is 17.5 Å². The maximum atomic E-state index is 13.5. The van der Waals surface area contributed by atoms with E-state index in [1.807, 2.05) is 55.5 Å². The molecule has 3 aromatic carbocycles. The van der Waals surface area contributed by atoms with Crippen LogP contribution in [0.4, 0.5) is 0 Å². The van der Waals surface area contributed by atoms with Crippen LogP contribution in [0.1, 0.15) is 62.6 Å². The monoisotopic (exact) mass is 461 g/mol. The molecule has 0 amide bonds. The van der Waals surface area contributed by atoms with E-state index in [0.717, 1.165) is 40.9 Å². The third kappa shape index (κ3) is 3.51. The average molecular weight is 462 g/mol. The molecule has 0 bridgehead atoms. The first-order valence-electron chi connectivity index (χ1n) is 11.8. The second kappa shape index (κ2) is 8.20. The lowest BCUT2D eigenvalue weighted by Gasteiger charge is -2.33. The smallest absolute Gasteiger partial charge is 0.343 e. The van der Waals surface area contributed by atoms with Gasteiger partial charge in [-0.05, 0) is 49.6 Å². The number of ketones is 2. The third-order valence-electron chi connectivity index (χ3n) is 6.94. The molecule has 1 atom stereocenters. The van der Waals surface area contributed by atoms with E-state index in [2.05, 4.69) is 5.32 Å². The van der Waals surface area contributed by atoms with E-state index < -0.39 is 11.9 Å². The van der Waals surface area contributed by atoms with E-state index in [9.17, 15) is 14.4 Å². The van der Waals surface area contributed by atoms with Gasteiger partial charge in [-0.3, -0.25) is 9.59 Å². The SMILES string of the molecule is Cc1cccc(C(=O)Oc2ccc([C@H]3C4=C(CCCC4=O)NC4=C3C(=O)c3ccccc34)cc2)c1. The number of Topliss-reactive ketones (excluding diaryl/α,β-unsaturated/α-hetero) is 2. The highest BCUT2D eigenvalue weighted by Crippen LogP contribution is 2.48. The number of hydrogen-bond acceptors (Lipinski definition) is 5. The topological polar surface area (TPSA) is 72.5 Å². The highest BCUT2D eigenvalue weighted by Gasteiger charge is 2.43. The van der Waals surface area contributed by atoms with Crippen LogP contribution in [0.15, 0.2) is 89.6 Å². The number of ether oxygens (including phenoxy) is 1. The number of benzene rings is 3. The molecule has 5 heteroatoms. The van der Waals surface area contributed by atoms with Crippen molar-refractivity contribution in [2.75, 3.05) is 0 Å². The predicted octanol–water partition coefficient (Wildman–Crippen LogP) is 5.52.